The standard InChI is InChI=1S/C25H25ClN2O3S/c1-31-15-14-27(25(30)19-5-3-2-4-6-19)17-23(29)28-13-11-22-21(12-16-32-22)24(28)18-7-9-20(26)10-8-18/h2-10,12,16,24H,11,13-15,17H2,1H3. The van der Waals surface area contributed by atoms with Gasteiger partial charge in [-0.05, 0) is 53.3 Å². The van der Waals surface area contributed by atoms with Gasteiger partial charge in [0.25, 0.3) is 5.91 Å². The van der Waals surface area contributed by atoms with E-state index < -0.39 is 0 Å². The molecule has 0 fully saturated rings. The van der Waals surface area contributed by atoms with Crippen molar-refractivity contribution in [2.45, 2.75) is 12.5 Å². The molecule has 166 valence electrons. The molecule has 2 heterocycles. The smallest absolute Gasteiger partial charge is 0.254 e. The fourth-order valence-corrected chi connectivity index (χ4v) is 5.09. The lowest BCUT2D eigenvalue weighted by Gasteiger charge is -2.37. The Morgan fingerprint density at radius 1 is 1.12 bits per heavy atom. The molecule has 0 saturated heterocycles. The highest BCUT2D eigenvalue weighted by Gasteiger charge is 2.34. The second-order valence-electron chi connectivity index (χ2n) is 7.68. The molecule has 0 bridgehead atoms. The minimum absolute atomic E-state index is 0.000643. The predicted octanol–water partition coefficient (Wildman–Crippen LogP) is 4.66. The van der Waals surface area contributed by atoms with Crippen molar-refractivity contribution in [3.63, 3.8) is 0 Å². The number of benzene rings is 2. The van der Waals surface area contributed by atoms with Crippen molar-refractivity contribution in [3.8, 4) is 0 Å². The molecule has 0 N–H and O–H groups in total. The van der Waals surface area contributed by atoms with Crippen molar-refractivity contribution in [1.29, 1.82) is 0 Å². The highest BCUT2D eigenvalue weighted by molar-refractivity contribution is 7.10. The van der Waals surface area contributed by atoms with Gasteiger partial charge in [-0.3, -0.25) is 9.59 Å². The molecule has 0 spiro atoms. The number of carbonyl (C=O) groups excluding carboxylic acids is 2. The maximum absolute atomic E-state index is 13.6. The van der Waals surface area contributed by atoms with Crippen LogP contribution in [0.25, 0.3) is 0 Å². The first kappa shape index (κ1) is 22.5. The fraction of sp³-hybridized carbons (Fsp3) is 0.280. The summed E-state index contributed by atoms with van der Waals surface area (Å²) >= 11 is 7.83. The number of thiophene rings is 1. The van der Waals surface area contributed by atoms with E-state index in [1.807, 2.05) is 47.4 Å². The Morgan fingerprint density at radius 2 is 1.88 bits per heavy atom. The van der Waals surface area contributed by atoms with Crippen molar-refractivity contribution in [2.75, 3.05) is 33.4 Å². The molecule has 1 unspecified atom stereocenters. The quantitative estimate of drug-likeness (QED) is 0.506. The summed E-state index contributed by atoms with van der Waals surface area (Å²) in [6.07, 6.45) is 0.813. The van der Waals surface area contributed by atoms with Gasteiger partial charge in [-0.2, -0.15) is 0 Å². The van der Waals surface area contributed by atoms with E-state index in [1.54, 1.807) is 35.5 Å². The minimum Gasteiger partial charge on any atom is -0.383 e. The van der Waals surface area contributed by atoms with Crippen LogP contribution >= 0.6 is 22.9 Å². The van der Waals surface area contributed by atoms with Gasteiger partial charge in [0.15, 0.2) is 0 Å². The fourth-order valence-electron chi connectivity index (χ4n) is 4.06. The first-order chi connectivity index (χ1) is 15.6. The van der Waals surface area contributed by atoms with E-state index in [1.165, 1.54) is 4.88 Å². The normalized spacial score (nSPS) is 15.3. The molecule has 1 atom stereocenters. The number of halogens is 1. The summed E-state index contributed by atoms with van der Waals surface area (Å²) in [6.45, 7) is 1.32. The molecule has 0 aliphatic carbocycles. The van der Waals surface area contributed by atoms with E-state index in [4.69, 9.17) is 16.3 Å². The molecule has 5 nitrogen and oxygen atoms in total. The summed E-state index contributed by atoms with van der Waals surface area (Å²) in [5.41, 5.74) is 2.72. The highest BCUT2D eigenvalue weighted by Crippen LogP contribution is 2.38. The van der Waals surface area contributed by atoms with Crippen molar-refractivity contribution in [2.24, 2.45) is 0 Å². The molecular weight excluding hydrogens is 444 g/mol. The van der Waals surface area contributed by atoms with Gasteiger partial charge in [-0.15, -0.1) is 11.3 Å². The highest BCUT2D eigenvalue weighted by atomic mass is 35.5. The lowest BCUT2D eigenvalue weighted by molar-refractivity contribution is -0.134. The topological polar surface area (TPSA) is 49.9 Å². The average molecular weight is 469 g/mol. The molecule has 32 heavy (non-hydrogen) atoms. The van der Waals surface area contributed by atoms with Crippen molar-refractivity contribution in [1.82, 2.24) is 9.80 Å². The van der Waals surface area contributed by atoms with Crippen molar-refractivity contribution >= 4 is 34.8 Å². The Balaban J connectivity index is 1.60. The van der Waals surface area contributed by atoms with Crippen LogP contribution in [0.4, 0.5) is 0 Å². The van der Waals surface area contributed by atoms with Crippen molar-refractivity contribution < 1.29 is 14.3 Å². The molecule has 7 heteroatoms. The van der Waals surface area contributed by atoms with Gasteiger partial charge in [0.1, 0.15) is 6.54 Å². The maximum Gasteiger partial charge on any atom is 0.254 e. The molecule has 1 aliphatic rings. The van der Waals surface area contributed by atoms with Gasteiger partial charge in [0.2, 0.25) is 5.91 Å². The largest absolute Gasteiger partial charge is 0.383 e. The van der Waals surface area contributed by atoms with E-state index in [-0.39, 0.29) is 24.4 Å². The molecule has 3 aromatic rings. The number of methoxy groups -OCH3 is 1. The molecule has 0 radical (unpaired) electrons. The summed E-state index contributed by atoms with van der Waals surface area (Å²) in [5, 5.41) is 2.73. The predicted molar refractivity (Wildman–Crippen MR) is 127 cm³/mol. The first-order valence-electron chi connectivity index (χ1n) is 10.5. The second kappa shape index (κ2) is 10.3. The SMILES string of the molecule is COCCN(CC(=O)N1CCc2sccc2C1c1ccc(Cl)cc1)C(=O)c1ccccc1. The molecule has 1 aromatic heterocycles. The van der Waals surface area contributed by atoms with E-state index >= 15 is 0 Å². The van der Waals surface area contributed by atoms with Crippen LogP contribution in [0.1, 0.15) is 32.4 Å². The van der Waals surface area contributed by atoms with Gasteiger partial charge in [-0.1, -0.05) is 41.9 Å². The van der Waals surface area contributed by atoms with Crippen LogP contribution in [0, 0.1) is 0 Å². The Hall–Kier alpha value is -2.67. The summed E-state index contributed by atoms with van der Waals surface area (Å²) in [7, 11) is 1.59. The van der Waals surface area contributed by atoms with Gasteiger partial charge in [0, 0.05) is 35.7 Å². The van der Waals surface area contributed by atoms with Crippen LogP contribution in [0.3, 0.4) is 0 Å². The number of fused-ring (bicyclic) bond motifs is 1. The second-order valence-corrected chi connectivity index (χ2v) is 9.11. The molecule has 1 aliphatic heterocycles. The Bertz CT molecular complexity index is 1070. The third-order valence-electron chi connectivity index (χ3n) is 5.67. The number of carbonyl (C=O) groups is 2. The minimum atomic E-state index is -0.189. The summed E-state index contributed by atoms with van der Waals surface area (Å²) in [4.78, 5) is 31.4. The lowest BCUT2D eigenvalue weighted by atomic mass is 9.93. The lowest BCUT2D eigenvalue weighted by Crippen LogP contribution is -2.47. The van der Waals surface area contributed by atoms with Gasteiger partial charge in [-0.25, -0.2) is 0 Å². The zero-order valence-electron chi connectivity index (χ0n) is 17.9. The Morgan fingerprint density at radius 3 is 2.59 bits per heavy atom. The van der Waals surface area contributed by atoms with Crippen LogP contribution in [-0.4, -0.2) is 55.0 Å². The molecule has 2 aromatic carbocycles. The third kappa shape index (κ3) is 4.88. The van der Waals surface area contributed by atoms with Gasteiger partial charge in [0.05, 0.1) is 12.6 Å². The maximum atomic E-state index is 13.6. The monoisotopic (exact) mass is 468 g/mol. The molecule has 4 rings (SSSR count). The number of hydrogen-bond donors (Lipinski definition) is 0. The third-order valence-corrected chi connectivity index (χ3v) is 6.92. The number of amides is 2. The van der Waals surface area contributed by atoms with E-state index in [2.05, 4.69) is 11.4 Å². The van der Waals surface area contributed by atoms with Gasteiger partial charge >= 0.3 is 0 Å². The summed E-state index contributed by atoms with van der Waals surface area (Å²) in [5.74, 6) is -0.255. The Kier molecular flexibility index (Phi) is 7.25. The molecular formula is C25H25ClN2O3S. The average Bonchev–Trinajstić information content (AvgIpc) is 3.30. The molecule has 0 saturated carbocycles. The summed E-state index contributed by atoms with van der Waals surface area (Å²) in [6, 6.07) is 18.6. The number of hydrogen-bond acceptors (Lipinski definition) is 4. The molecule has 2 amide bonds. The number of nitrogens with zero attached hydrogens (tertiary/aromatic N) is 2. The van der Waals surface area contributed by atoms with Crippen LogP contribution in [0.2, 0.25) is 5.02 Å². The first-order valence-corrected chi connectivity index (χ1v) is 11.8. The van der Waals surface area contributed by atoms with E-state index in [9.17, 15) is 9.59 Å². The van der Waals surface area contributed by atoms with E-state index in [0.29, 0.717) is 30.3 Å². The zero-order valence-corrected chi connectivity index (χ0v) is 19.4. The number of rotatable bonds is 7. The van der Waals surface area contributed by atoms with Crippen LogP contribution in [0.15, 0.2) is 66.0 Å². The van der Waals surface area contributed by atoms with Crippen LogP contribution in [0.5, 0.6) is 0 Å². The van der Waals surface area contributed by atoms with Gasteiger partial charge < -0.3 is 14.5 Å². The number of ether oxygens (including phenoxy) is 1. The van der Waals surface area contributed by atoms with Crippen molar-refractivity contribution in [3.05, 3.63) is 92.6 Å². The van der Waals surface area contributed by atoms with E-state index in [0.717, 1.165) is 17.5 Å². The summed E-state index contributed by atoms with van der Waals surface area (Å²) < 4.78 is 5.19. The van der Waals surface area contributed by atoms with Crippen LogP contribution < -0.4 is 0 Å². The zero-order chi connectivity index (χ0) is 22.5. The Labute approximate surface area is 197 Å². The van der Waals surface area contributed by atoms with Crippen LogP contribution in [-0.2, 0) is 16.0 Å².